The molecule has 0 saturated carbocycles. The van der Waals surface area contributed by atoms with Crippen LogP contribution in [0.5, 0.6) is 5.75 Å². The average molecular weight is 413 g/mol. The number of aromatic nitrogens is 4. The molecule has 4 rings (SSSR count). The summed E-state index contributed by atoms with van der Waals surface area (Å²) in [6.45, 7) is 2.09. The van der Waals surface area contributed by atoms with Crippen LogP contribution in [0.1, 0.15) is 11.6 Å². The molecule has 1 aromatic carbocycles. The van der Waals surface area contributed by atoms with Gasteiger partial charge in [0.1, 0.15) is 12.1 Å². The highest BCUT2D eigenvalue weighted by Crippen LogP contribution is 2.31. The van der Waals surface area contributed by atoms with Crippen LogP contribution in [0.4, 0.5) is 5.95 Å². The highest BCUT2D eigenvalue weighted by Gasteiger charge is 2.26. The molecule has 0 bridgehead atoms. The van der Waals surface area contributed by atoms with E-state index in [2.05, 4.69) is 20.2 Å². The maximum atomic E-state index is 12.6. The molecule has 1 saturated heterocycles. The predicted octanol–water partition coefficient (Wildman–Crippen LogP) is 2.05. The number of benzene rings is 1. The summed E-state index contributed by atoms with van der Waals surface area (Å²) in [5.74, 6) is 1.33. The Morgan fingerprint density at radius 1 is 1.24 bits per heavy atom. The monoisotopic (exact) mass is 412 g/mol. The third-order valence-electron chi connectivity index (χ3n) is 4.98. The van der Waals surface area contributed by atoms with Crippen LogP contribution < -0.4 is 20.5 Å². The van der Waals surface area contributed by atoms with Crippen molar-refractivity contribution in [1.82, 2.24) is 24.8 Å². The molecule has 1 atom stereocenters. The number of hydrogen-bond donors (Lipinski definition) is 1. The number of rotatable bonds is 4. The molecule has 1 aliphatic heterocycles. The Balaban J connectivity index is 1.68. The van der Waals surface area contributed by atoms with Gasteiger partial charge < -0.3 is 15.0 Å². The molecule has 8 nitrogen and oxygen atoms in total. The second kappa shape index (κ2) is 8.18. The van der Waals surface area contributed by atoms with E-state index in [4.69, 9.17) is 21.3 Å². The first-order chi connectivity index (χ1) is 14.1. The molecule has 3 heterocycles. The third-order valence-corrected chi connectivity index (χ3v) is 5.22. The van der Waals surface area contributed by atoms with Gasteiger partial charge in [0.05, 0.1) is 24.5 Å². The molecular weight excluding hydrogens is 392 g/mol. The van der Waals surface area contributed by atoms with E-state index in [0.717, 1.165) is 24.4 Å². The van der Waals surface area contributed by atoms with Gasteiger partial charge in [-0.2, -0.15) is 0 Å². The molecule has 2 aromatic heterocycles. The van der Waals surface area contributed by atoms with Crippen molar-refractivity contribution in [2.45, 2.75) is 6.04 Å². The van der Waals surface area contributed by atoms with Crippen LogP contribution in [0, 0.1) is 0 Å². The van der Waals surface area contributed by atoms with Gasteiger partial charge in [-0.05, 0) is 18.2 Å². The van der Waals surface area contributed by atoms with Crippen LogP contribution in [0.2, 0.25) is 5.02 Å². The minimum Gasteiger partial charge on any atom is -0.496 e. The van der Waals surface area contributed by atoms with Crippen LogP contribution in [0.15, 0.2) is 47.7 Å². The molecule has 1 aliphatic rings. The summed E-state index contributed by atoms with van der Waals surface area (Å²) < 4.78 is 7.07. The first-order valence-electron chi connectivity index (χ1n) is 9.23. The van der Waals surface area contributed by atoms with Gasteiger partial charge in [0, 0.05) is 49.5 Å². The first-order valence-corrected chi connectivity index (χ1v) is 9.61. The van der Waals surface area contributed by atoms with Crippen molar-refractivity contribution in [3.63, 3.8) is 0 Å². The zero-order chi connectivity index (χ0) is 20.4. The smallest absolute Gasteiger partial charge is 0.255 e. The Morgan fingerprint density at radius 3 is 2.86 bits per heavy atom. The number of nitrogens with zero attached hydrogens (tertiary/aromatic N) is 5. The number of anilines is 1. The largest absolute Gasteiger partial charge is 0.496 e. The van der Waals surface area contributed by atoms with Gasteiger partial charge in [-0.15, -0.1) is 0 Å². The van der Waals surface area contributed by atoms with E-state index in [1.807, 2.05) is 12.1 Å². The number of halogens is 1. The van der Waals surface area contributed by atoms with Crippen LogP contribution in [-0.4, -0.2) is 46.3 Å². The standard InChI is InChI=1S/C20H21ClN6O2/c1-26-19(28)10-16(15-5-6-22-12-24-15)25-20(26)27-8-7-23-17(11-27)14-4-3-13(21)9-18(14)29-2/h3-6,9-10,12,17,23H,7-8,11H2,1-2H3. The lowest BCUT2D eigenvalue weighted by Crippen LogP contribution is -2.47. The second-order valence-electron chi connectivity index (χ2n) is 6.77. The maximum Gasteiger partial charge on any atom is 0.255 e. The Kier molecular flexibility index (Phi) is 5.46. The van der Waals surface area contributed by atoms with Crippen molar-refractivity contribution in [1.29, 1.82) is 0 Å². The Bertz CT molecular complexity index is 1070. The number of hydrogen-bond acceptors (Lipinski definition) is 7. The van der Waals surface area contributed by atoms with Crippen molar-refractivity contribution < 1.29 is 4.74 Å². The van der Waals surface area contributed by atoms with E-state index in [1.165, 1.54) is 12.4 Å². The summed E-state index contributed by atoms with van der Waals surface area (Å²) in [4.78, 5) is 27.5. The Morgan fingerprint density at radius 2 is 2.10 bits per heavy atom. The Labute approximate surface area is 173 Å². The Hall–Kier alpha value is -2.97. The summed E-state index contributed by atoms with van der Waals surface area (Å²) in [6.07, 6.45) is 3.08. The lowest BCUT2D eigenvalue weighted by Gasteiger charge is -2.35. The average Bonchev–Trinajstić information content (AvgIpc) is 2.76. The maximum absolute atomic E-state index is 12.6. The topological polar surface area (TPSA) is 85.2 Å². The van der Waals surface area contributed by atoms with E-state index in [9.17, 15) is 4.79 Å². The van der Waals surface area contributed by atoms with Crippen LogP contribution >= 0.6 is 11.6 Å². The normalized spacial score (nSPS) is 16.7. The van der Waals surface area contributed by atoms with Crippen LogP contribution in [0.25, 0.3) is 11.4 Å². The molecule has 0 amide bonds. The summed E-state index contributed by atoms with van der Waals surface area (Å²) in [5.41, 5.74) is 2.02. The first kappa shape index (κ1) is 19.4. The summed E-state index contributed by atoms with van der Waals surface area (Å²) in [6, 6.07) is 8.87. The van der Waals surface area contributed by atoms with Gasteiger partial charge >= 0.3 is 0 Å². The van der Waals surface area contributed by atoms with E-state index in [0.29, 0.717) is 28.9 Å². The number of piperazine rings is 1. The van der Waals surface area contributed by atoms with Gasteiger partial charge in [0.25, 0.3) is 5.56 Å². The van der Waals surface area contributed by atoms with Crippen molar-refractivity contribution in [3.05, 3.63) is 63.8 Å². The fourth-order valence-corrected chi connectivity index (χ4v) is 3.66. The van der Waals surface area contributed by atoms with Crippen molar-refractivity contribution in [2.75, 3.05) is 31.6 Å². The molecule has 1 N–H and O–H groups in total. The number of ether oxygens (including phenoxy) is 1. The lowest BCUT2D eigenvalue weighted by molar-refractivity contribution is 0.390. The van der Waals surface area contributed by atoms with E-state index >= 15 is 0 Å². The van der Waals surface area contributed by atoms with E-state index in [-0.39, 0.29) is 11.6 Å². The molecule has 150 valence electrons. The molecule has 0 aliphatic carbocycles. The minimum atomic E-state index is -0.136. The van der Waals surface area contributed by atoms with Crippen molar-refractivity contribution >= 4 is 17.5 Å². The molecule has 1 fully saturated rings. The highest BCUT2D eigenvalue weighted by atomic mass is 35.5. The second-order valence-corrected chi connectivity index (χ2v) is 7.21. The quantitative estimate of drug-likeness (QED) is 0.701. The van der Waals surface area contributed by atoms with Crippen molar-refractivity contribution in [3.8, 4) is 17.1 Å². The lowest BCUT2D eigenvalue weighted by atomic mass is 10.0. The zero-order valence-electron chi connectivity index (χ0n) is 16.2. The van der Waals surface area contributed by atoms with Crippen LogP contribution in [-0.2, 0) is 7.05 Å². The highest BCUT2D eigenvalue weighted by molar-refractivity contribution is 6.30. The van der Waals surface area contributed by atoms with E-state index in [1.54, 1.807) is 37.1 Å². The fraction of sp³-hybridized carbons (Fsp3) is 0.300. The SMILES string of the molecule is COc1cc(Cl)ccc1C1CN(c2nc(-c3ccncn3)cc(=O)n2C)CCN1. The molecule has 3 aromatic rings. The van der Waals surface area contributed by atoms with Gasteiger partial charge in [0.2, 0.25) is 5.95 Å². The number of nitrogens with one attached hydrogen (secondary N) is 1. The molecule has 1 unspecified atom stereocenters. The van der Waals surface area contributed by atoms with Crippen LogP contribution in [0.3, 0.4) is 0 Å². The minimum absolute atomic E-state index is 0.00979. The molecule has 0 radical (unpaired) electrons. The predicted molar refractivity (Wildman–Crippen MR) is 111 cm³/mol. The molecule has 9 heteroatoms. The summed E-state index contributed by atoms with van der Waals surface area (Å²) in [5, 5.41) is 4.13. The number of methoxy groups -OCH3 is 1. The summed E-state index contributed by atoms with van der Waals surface area (Å²) in [7, 11) is 3.36. The fourth-order valence-electron chi connectivity index (χ4n) is 3.50. The van der Waals surface area contributed by atoms with Gasteiger partial charge in [-0.25, -0.2) is 15.0 Å². The van der Waals surface area contributed by atoms with Crippen molar-refractivity contribution in [2.24, 2.45) is 7.05 Å². The van der Waals surface area contributed by atoms with Gasteiger partial charge in [-0.3, -0.25) is 9.36 Å². The third kappa shape index (κ3) is 3.94. The van der Waals surface area contributed by atoms with Gasteiger partial charge in [-0.1, -0.05) is 17.7 Å². The molecular formula is C20H21ClN6O2. The van der Waals surface area contributed by atoms with Gasteiger partial charge in [0.15, 0.2) is 0 Å². The molecule has 29 heavy (non-hydrogen) atoms. The zero-order valence-corrected chi connectivity index (χ0v) is 16.9. The summed E-state index contributed by atoms with van der Waals surface area (Å²) >= 11 is 6.10. The van der Waals surface area contributed by atoms with E-state index < -0.39 is 0 Å². The molecule has 0 spiro atoms.